The van der Waals surface area contributed by atoms with E-state index >= 15 is 0 Å². The Morgan fingerprint density at radius 2 is 1.13 bits per heavy atom. The van der Waals surface area contributed by atoms with Crippen molar-refractivity contribution in [3.8, 4) is 33.4 Å². The van der Waals surface area contributed by atoms with Gasteiger partial charge < -0.3 is 5.41 Å². The Morgan fingerprint density at radius 1 is 0.509 bits per heavy atom. The van der Waals surface area contributed by atoms with Gasteiger partial charge in [-0.1, -0.05) is 166 Å². The average Bonchev–Trinajstić information content (AvgIpc) is 3.43. The number of nitrogens with one attached hydrogen (secondary N) is 1. The summed E-state index contributed by atoms with van der Waals surface area (Å²) in [4.78, 5) is 5.00. The lowest BCUT2D eigenvalue weighted by Crippen LogP contribution is -2.15. The molecule has 53 heavy (non-hydrogen) atoms. The highest BCUT2D eigenvalue weighted by atomic mass is 14.7. The summed E-state index contributed by atoms with van der Waals surface area (Å²) in [5, 5.41) is 13.8. The van der Waals surface area contributed by atoms with Gasteiger partial charge in [-0.15, -0.1) is 0 Å². The van der Waals surface area contributed by atoms with Crippen molar-refractivity contribution in [2.24, 2.45) is 4.99 Å². The van der Waals surface area contributed by atoms with Crippen LogP contribution in [0.15, 0.2) is 187 Å². The third kappa shape index (κ3) is 5.89. The minimum absolute atomic E-state index is 0.0978. The number of nitrogens with zero attached hydrogens (tertiary/aromatic N) is 1. The van der Waals surface area contributed by atoms with E-state index in [0.717, 1.165) is 44.3 Å². The summed E-state index contributed by atoms with van der Waals surface area (Å²) in [6.07, 6.45) is 3.77. The second kappa shape index (κ2) is 13.2. The van der Waals surface area contributed by atoms with Gasteiger partial charge in [0.1, 0.15) is 0 Å². The summed E-state index contributed by atoms with van der Waals surface area (Å²) < 4.78 is 0. The molecular weight excluding hydrogens is 641 g/mol. The fraction of sp³-hybridized carbons (Fsp3) is 0.0588. The first-order valence-corrected chi connectivity index (χ1v) is 18.2. The largest absolute Gasteiger partial charge is 0.300 e. The number of rotatable bonds is 7. The standard InChI is InChI=1S/C51H38N2/c1-51(2)47-31-39(24-25-44(47)46-29-37-18-9-10-19-38(37)30-48(46)51)36-20-13-21-40(28-36)41-26-27-45(43-23-12-11-22-42(41)43)50(53-33-34-14-5-3-6-15-34)32-49(52)35-16-7-4-8-17-35/h3-33,52H,1-2H3/b50-32-,52-49?,53-33?. The first-order chi connectivity index (χ1) is 25.9. The summed E-state index contributed by atoms with van der Waals surface area (Å²) in [7, 11) is 0. The highest BCUT2D eigenvalue weighted by molar-refractivity contribution is 6.13. The van der Waals surface area contributed by atoms with Gasteiger partial charge in [-0.05, 0) is 108 Å². The van der Waals surface area contributed by atoms with Crippen LogP contribution in [0.1, 0.15) is 41.7 Å². The Labute approximate surface area is 311 Å². The molecule has 9 rings (SSSR count). The van der Waals surface area contributed by atoms with Crippen molar-refractivity contribution in [2.75, 3.05) is 0 Å². The maximum atomic E-state index is 8.97. The van der Waals surface area contributed by atoms with Crippen LogP contribution in [-0.4, -0.2) is 11.9 Å². The molecule has 8 aromatic rings. The third-order valence-corrected chi connectivity index (χ3v) is 10.8. The molecule has 2 nitrogen and oxygen atoms in total. The van der Waals surface area contributed by atoms with Gasteiger partial charge in [0.05, 0.1) is 11.4 Å². The van der Waals surface area contributed by atoms with Crippen LogP contribution in [0.3, 0.4) is 0 Å². The predicted octanol–water partition coefficient (Wildman–Crippen LogP) is 13.2. The number of hydrogen-bond acceptors (Lipinski definition) is 2. The van der Waals surface area contributed by atoms with E-state index in [1.54, 1.807) is 0 Å². The van der Waals surface area contributed by atoms with E-state index in [-0.39, 0.29) is 5.41 Å². The molecule has 0 radical (unpaired) electrons. The van der Waals surface area contributed by atoms with Crippen molar-refractivity contribution in [3.63, 3.8) is 0 Å². The van der Waals surface area contributed by atoms with Gasteiger partial charge in [0.2, 0.25) is 0 Å². The number of fused-ring (bicyclic) bond motifs is 5. The van der Waals surface area contributed by atoms with E-state index in [1.807, 2.05) is 73.0 Å². The summed E-state index contributed by atoms with van der Waals surface area (Å²) in [6.45, 7) is 4.71. The maximum Gasteiger partial charge on any atom is 0.0729 e. The third-order valence-electron chi connectivity index (χ3n) is 10.8. The van der Waals surface area contributed by atoms with Crippen LogP contribution in [0.4, 0.5) is 0 Å². The lowest BCUT2D eigenvalue weighted by Gasteiger charge is -2.22. The highest BCUT2D eigenvalue weighted by Gasteiger charge is 2.36. The normalized spacial score (nSPS) is 13.4. The monoisotopic (exact) mass is 678 g/mol. The molecule has 0 aromatic heterocycles. The molecule has 0 saturated carbocycles. The SMILES string of the molecule is CC1(C)c2cc(-c3cccc(-c4ccc(/C(=C/C(=N)c5ccccc5)N=Cc5ccccc5)c5ccccc45)c3)ccc2-c2cc3ccccc3cc21. The molecule has 0 aliphatic heterocycles. The first-order valence-electron chi connectivity index (χ1n) is 18.2. The highest BCUT2D eigenvalue weighted by Crippen LogP contribution is 2.51. The Hall–Kier alpha value is -6.64. The van der Waals surface area contributed by atoms with Gasteiger partial charge in [-0.3, -0.25) is 4.99 Å². The summed E-state index contributed by atoms with van der Waals surface area (Å²) >= 11 is 0. The van der Waals surface area contributed by atoms with Gasteiger partial charge in [-0.25, -0.2) is 0 Å². The number of benzene rings is 8. The second-order valence-electron chi connectivity index (χ2n) is 14.4. The van der Waals surface area contributed by atoms with Crippen molar-refractivity contribution < 1.29 is 0 Å². The lowest BCUT2D eigenvalue weighted by molar-refractivity contribution is 0.661. The van der Waals surface area contributed by atoms with Gasteiger partial charge in [-0.2, -0.15) is 0 Å². The quantitative estimate of drug-likeness (QED) is 0.163. The molecule has 8 aromatic carbocycles. The minimum atomic E-state index is -0.0978. The smallest absolute Gasteiger partial charge is 0.0729 e. The molecule has 0 atom stereocenters. The van der Waals surface area contributed by atoms with Crippen molar-refractivity contribution in [1.82, 2.24) is 0 Å². The van der Waals surface area contributed by atoms with E-state index in [4.69, 9.17) is 10.4 Å². The van der Waals surface area contributed by atoms with Crippen LogP contribution in [0, 0.1) is 5.41 Å². The van der Waals surface area contributed by atoms with E-state index in [9.17, 15) is 0 Å². The Balaban J connectivity index is 1.12. The van der Waals surface area contributed by atoms with Crippen LogP contribution >= 0.6 is 0 Å². The van der Waals surface area contributed by atoms with Gasteiger partial charge in [0, 0.05) is 17.2 Å². The van der Waals surface area contributed by atoms with Crippen molar-refractivity contribution in [1.29, 1.82) is 5.41 Å². The summed E-state index contributed by atoms with van der Waals surface area (Å²) in [5.41, 5.74) is 14.1. The Kier molecular flexibility index (Phi) is 8.01. The fourth-order valence-electron chi connectivity index (χ4n) is 7.95. The molecule has 2 heteroatoms. The van der Waals surface area contributed by atoms with Crippen molar-refractivity contribution in [2.45, 2.75) is 19.3 Å². The number of hydrogen-bond donors (Lipinski definition) is 1. The molecular formula is C51H38N2. The van der Waals surface area contributed by atoms with Crippen molar-refractivity contribution in [3.05, 3.63) is 210 Å². The average molecular weight is 679 g/mol. The van der Waals surface area contributed by atoms with Crippen LogP contribution < -0.4 is 0 Å². The van der Waals surface area contributed by atoms with Gasteiger partial charge in [0.15, 0.2) is 0 Å². The van der Waals surface area contributed by atoms with Crippen LogP contribution in [0.25, 0.3) is 60.6 Å². The topological polar surface area (TPSA) is 36.2 Å². The van der Waals surface area contributed by atoms with Gasteiger partial charge >= 0.3 is 0 Å². The van der Waals surface area contributed by atoms with E-state index in [2.05, 4.69) is 129 Å². The molecule has 0 saturated heterocycles. The summed E-state index contributed by atoms with van der Waals surface area (Å²) in [6, 6.07) is 62.2. The van der Waals surface area contributed by atoms with E-state index in [1.165, 1.54) is 44.2 Å². The molecule has 0 fully saturated rings. The zero-order valence-electron chi connectivity index (χ0n) is 29.8. The molecule has 1 N–H and O–H groups in total. The molecule has 0 heterocycles. The fourth-order valence-corrected chi connectivity index (χ4v) is 7.95. The molecule has 0 unspecified atom stereocenters. The van der Waals surface area contributed by atoms with Crippen LogP contribution in [-0.2, 0) is 5.41 Å². The van der Waals surface area contributed by atoms with Crippen LogP contribution in [0.5, 0.6) is 0 Å². The van der Waals surface area contributed by atoms with E-state index in [0.29, 0.717) is 5.71 Å². The molecule has 0 spiro atoms. The molecule has 1 aliphatic carbocycles. The summed E-state index contributed by atoms with van der Waals surface area (Å²) in [5.74, 6) is 0. The minimum Gasteiger partial charge on any atom is -0.300 e. The van der Waals surface area contributed by atoms with Crippen LogP contribution in [0.2, 0.25) is 0 Å². The van der Waals surface area contributed by atoms with E-state index < -0.39 is 0 Å². The Morgan fingerprint density at radius 3 is 1.92 bits per heavy atom. The maximum absolute atomic E-state index is 8.97. The zero-order chi connectivity index (χ0) is 35.9. The first kappa shape index (κ1) is 32.3. The predicted molar refractivity (Wildman–Crippen MR) is 225 cm³/mol. The molecule has 0 amide bonds. The number of allylic oxidation sites excluding steroid dienone is 1. The number of aliphatic imine (C=N–C) groups is 1. The molecule has 0 bridgehead atoms. The molecule has 1 aliphatic rings. The van der Waals surface area contributed by atoms with Crippen molar-refractivity contribution >= 4 is 39.2 Å². The molecule has 252 valence electrons. The zero-order valence-corrected chi connectivity index (χ0v) is 29.8. The second-order valence-corrected chi connectivity index (χ2v) is 14.4. The lowest BCUT2D eigenvalue weighted by atomic mass is 9.81. The van der Waals surface area contributed by atoms with Gasteiger partial charge in [0.25, 0.3) is 0 Å². The Bertz CT molecular complexity index is 2750.